The molecule has 0 saturated carbocycles. The predicted octanol–water partition coefficient (Wildman–Crippen LogP) is -4.43. The molecule has 0 bridgehead atoms. The Balaban J connectivity index is 0. The molecule has 0 unspecified atom stereocenters. The van der Waals surface area contributed by atoms with Gasteiger partial charge in [-0.2, -0.15) is 0 Å². The van der Waals surface area contributed by atoms with Crippen LogP contribution >= 0.6 is 0 Å². The maximum atomic E-state index is 7.57. The second-order valence-corrected chi connectivity index (χ2v) is 15.8. The number of ether oxygens (including phenoxy) is 1. The number of aliphatic hydroxyl groups is 1. The molecule has 13 N–H and O–H groups in total. The number of imidazole rings is 3. The monoisotopic (exact) mass is 1090 g/mol. The van der Waals surface area contributed by atoms with Crippen LogP contribution in [0.1, 0.15) is 26.2 Å². The van der Waals surface area contributed by atoms with Gasteiger partial charge in [-0.05, 0) is 99.1 Å². The third-order valence-electron chi connectivity index (χ3n) is 10.0. The van der Waals surface area contributed by atoms with Crippen LogP contribution < -0.4 is 99.9 Å². The first-order valence-electron chi connectivity index (χ1n) is 23.8. The highest BCUT2D eigenvalue weighted by Crippen LogP contribution is 2.22. The lowest BCUT2D eigenvalue weighted by Crippen LogP contribution is -3.00. The van der Waals surface area contributed by atoms with Crippen molar-refractivity contribution in [2.24, 2.45) is 102 Å². The number of azo groups is 3. The van der Waals surface area contributed by atoms with Crippen molar-refractivity contribution < 1.29 is 60.8 Å². The maximum Gasteiger partial charge on any atom is 0.421 e. The van der Waals surface area contributed by atoms with E-state index >= 15 is 0 Å². The summed E-state index contributed by atoms with van der Waals surface area (Å²) < 4.78 is 16.6. The highest BCUT2D eigenvalue weighted by molar-refractivity contribution is 5.53. The van der Waals surface area contributed by atoms with E-state index in [4.69, 9.17) is 38.5 Å². The summed E-state index contributed by atoms with van der Waals surface area (Å²) in [5.74, 6) is 3.20. The summed E-state index contributed by atoms with van der Waals surface area (Å²) in [5.41, 5.74) is 31.7. The van der Waals surface area contributed by atoms with Crippen LogP contribution in [-0.4, -0.2) is 98.0 Å². The highest BCUT2D eigenvalue weighted by Gasteiger charge is 2.13. The number of unbranched alkanes of at least 4 members (excludes halogenated alkanes) is 2. The predicted molar refractivity (Wildman–Crippen MR) is 284 cm³/mol. The van der Waals surface area contributed by atoms with E-state index in [1.165, 1.54) is 6.42 Å². The molecule has 3 heterocycles. The minimum Gasteiger partial charge on any atom is -1.00 e. The standard InChI is InChI=1S/C16H24N6.C15H24N7.C12H15N4O.C4H13N3.C2H6O.3ClH/c1-21-12-13-22(2)16(21)20-19-15-8-6-14(7-9-15)18-11-5-3-4-10-17;1-20-11-12-21(2)15(20)19-18-13-3-5-14(6-4-13)22(9-7-16)10-8-17;1-15-8-9-16(2)12(15)14-13-10-4-6-11(17-3)7-5-10;5-1-3-7-4-2-6;1-2-3;;;/h6-9,12-13H,3-5,10-11,17H2,1-2H3;3-6,11-12H,7-10,16-17H2,1-2H3;4-9H,1-3H3;7H,1-6H2;3H,2H2,1H3;3*1H/q;2*+1;;;;;/p-2. The van der Waals surface area contributed by atoms with Gasteiger partial charge in [0, 0.05) is 92.2 Å². The fraction of sp³-hybridized carbons (Fsp3) is 0.449. The summed E-state index contributed by atoms with van der Waals surface area (Å²) in [4.78, 5) is 2.16. The van der Waals surface area contributed by atoms with E-state index in [2.05, 4.69) is 46.2 Å². The molecule has 0 saturated heterocycles. The van der Waals surface area contributed by atoms with Crippen LogP contribution in [0.15, 0.2) is 141 Å². The van der Waals surface area contributed by atoms with Gasteiger partial charge in [0.1, 0.15) is 22.8 Å². The molecular formula is C49H83Cl3N20O2. The number of nitrogens with one attached hydrogen (secondary N) is 2. The minimum atomic E-state index is 0. The number of rotatable bonds is 22. The quantitative estimate of drug-likeness (QED) is 0.0184. The summed E-state index contributed by atoms with van der Waals surface area (Å²) >= 11 is 0. The van der Waals surface area contributed by atoms with Crippen LogP contribution in [0.25, 0.3) is 0 Å². The normalized spacial score (nSPS) is 10.4. The molecule has 25 heteroatoms. The maximum absolute atomic E-state index is 7.57. The summed E-state index contributed by atoms with van der Waals surface area (Å²) in [6.07, 6.45) is 15.1. The second kappa shape index (κ2) is 42.4. The van der Waals surface area contributed by atoms with Crippen LogP contribution in [0, 0.1) is 0 Å². The Labute approximate surface area is 457 Å². The van der Waals surface area contributed by atoms with Crippen LogP contribution in [-0.2, 0) is 42.3 Å². The van der Waals surface area contributed by atoms with E-state index < -0.39 is 0 Å². The first kappa shape index (κ1) is 70.2. The fourth-order valence-electron chi connectivity index (χ4n) is 6.19. The molecular weight excluding hydrogens is 1010 g/mol. The van der Waals surface area contributed by atoms with Crippen molar-refractivity contribution in [3.05, 3.63) is 110 Å². The molecule has 0 spiro atoms. The van der Waals surface area contributed by atoms with Gasteiger partial charge in [-0.3, -0.25) is 0 Å². The molecule has 0 fully saturated rings. The van der Waals surface area contributed by atoms with Crippen LogP contribution in [0.2, 0.25) is 0 Å². The lowest BCUT2D eigenvalue weighted by molar-refractivity contribution is -0.657. The van der Waals surface area contributed by atoms with Crippen molar-refractivity contribution in [3.63, 3.8) is 0 Å². The molecule has 22 nitrogen and oxygen atoms in total. The topological polar surface area (TPSA) is 287 Å². The van der Waals surface area contributed by atoms with E-state index in [0.717, 1.165) is 104 Å². The van der Waals surface area contributed by atoms with Crippen molar-refractivity contribution in [2.45, 2.75) is 26.2 Å². The number of hydrogen-bond donors (Lipinski definition) is 8. The zero-order valence-corrected chi connectivity index (χ0v) is 46.7. The van der Waals surface area contributed by atoms with Crippen molar-refractivity contribution in [1.29, 1.82) is 0 Å². The number of hydrogen-bond acceptors (Lipinski definition) is 16. The van der Waals surface area contributed by atoms with Crippen molar-refractivity contribution in [3.8, 4) is 5.75 Å². The highest BCUT2D eigenvalue weighted by atomic mass is 35.5. The third kappa shape index (κ3) is 27.4. The Bertz CT molecular complexity index is 2320. The Morgan fingerprint density at radius 3 is 1.23 bits per heavy atom. The van der Waals surface area contributed by atoms with Gasteiger partial charge in [0.15, 0.2) is 0 Å². The van der Waals surface area contributed by atoms with Crippen molar-refractivity contribution in [1.82, 2.24) is 19.0 Å². The number of nitrogens with two attached hydrogens (primary N) is 5. The molecule has 0 atom stereocenters. The van der Waals surface area contributed by atoms with E-state index in [1.807, 2.05) is 180 Å². The smallest absolute Gasteiger partial charge is 0.421 e. The molecule has 74 heavy (non-hydrogen) atoms. The zero-order chi connectivity index (χ0) is 52.2. The van der Waals surface area contributed by atoms with Gasteiger partial charge in [0.05, 0.1) is 86.6 Å². The molecule has 0 aliphatic carbocycles. The van der Waals surface area contributed by atoms with Gasteiger partial charge in [0.25, 0.3) is 0 Å². The Kier molecular flexibility index (Phi) is 40.2. The second-order valence-electron chi connectivity index (χ2n) is 15.8. The molecule has 0 radical (unpaired) electrons. The number of aliphatic hydroxyl groups excluding tert-OH is 1. The van der Waals surface area contributed by atoms with E-state index in [0.29, 0.717) is 26.2 Å². The fourth-order valence-corrected chi connectivity index (χ4v) is 6.19. The summed E-state index contributed by atoms with van der Waals surface area (Å²) in [5, 5.41) is 39.5. The largest absolute Gasteiger partial charge is 1.00 e. The molecule has 412 valence electrons. The average Bonchev–Trinajstić information content (AvgIpc) is 4.01. The van der Waals surface area contributed by atoms with Crippen molar-refractivity contribution >= 4 is 46.3 Å². The number of aryl methyl sites for hydroxylation is 6. The number of methoxy groups -OCH3 is 1. The van der Waals surface area contributed by atoms with Gasteiger partial charge in [-0.1, -0.05) is 21.8 Å². The minimum absolute atomic E-state index is 0. The summed E-state index contributed by atoms with van der Waals surface area (Å²) in [7, 11) is 13.3. The molecule has 3 aromatic heterocycles. The zero-order valence-electron chi connectivity index (χ0n) is 44.5. The first-order valence-corrected chi connectivity index (χ1v) is 23.8. The van der Waals surface area contributed by atoms with E-state index in [9.17, 15) is 0 Å². The number of aromatic nitrogens is 6. The van der Waals surface area contributed by atoms with Gasteiger partial charge in [0.2, 0.25) is 0 Å². The SMILES string of the molecule is CCO.COc1ccc(N=Nc2n(C)cc[n+]2C)cc1.Cn1cc[n+](C)c1N=Nc1ccc(N(CCN)CCN)cc1.Cn1cc[n+](C)c1N=Nc1ccc(NCCCCCN)cc1.NCCNCCN.[Cl-].[Cl-].[Cl-]. The Morgan fingerprint density at radius 2 is 0.905 bits per heavy atom. The number of benzene rings is 3. The first-order chi connectivity index (χ1) is 34.4. The number of anilines is 2. The summed E-state index contributed by atoms with van der Waals surface area (Å²) in [6, 6.07) is 23.4. The molecule has 0 aliphatic heterocycles. The number of nitrogens with zero attached hydrogens (tertiary/aromatic N) is 13. The van der Waals surface area contributed by atoms with E-state index in [-0.39, 0.29) is 43.8 Å². The summed E-state index contributed by atoms with van der Waals surface area (Å²) in [6.45, 7) is 9.60. The van der Waals surface area contributed by atoms with Crippen LogP contribution in [0.4, 0.5) is 46.3 Å². The molecule has 6 rings (SSSR count). The molecule has 3 aromatic carbocycles. The molecule has 0 amide bonds. The van der Waals surface area contributed by atoms with Gasteiger partial charge < -0.3 is 91.3 Å². The Morgan fingerprint density at radius 1 is 0.527 bits per heavy atom. The van der Waals surface area contributed by atoms with Gasteiger partial charge >= 0.3 is 17.8 Å². The van der Waals surface area contributed by atoms with Gasteiger partial charge in [-0.15, -0.1) is 0 Å². The van der Waals surface area contributed by atoms with E-state index in [1.54, 1.807) is 14.0 Å². The third-order valence-corrected chi connectivity index (χ3v) is 10.0. The average molecular weight is 1090 g/mol. The lowest BCUT2D eigenvalue weighted by atomic mass is 10.2. The van der Waals surface area contributed by atoms with Crippen LogP contribution in [0.5, 0.6) is 5.75 Å². The van der Waals surface area contributed by atoms with Gasteiger partial charge in [-0.25, -0.2) is 27.4 Å². The van der Waals surface area contributed by atoms with Crippen molar-refractivity contribution in [2.75, 3.05) is 89.4 Å². The molecule has 0 aliphatic rings. The van der Waals surface area contributed by atoms with Crippen LogP contribution in [0.3, 0.4) is 0 Å². The lowest BCUT2D eigenvalue weighted by Gasteiger charge is -2.23. The number of halogens is 3. The molecule has 6 aromatic rings. The Hall–Kier alpha value is -5.92.